The van der Waals surface area contributed by atoms with Crippen LogP contribution in [0.2, 0.25) is 0 Å². The highest BCUT2D eigenvalue weighted by Gasteiger charge is 2.23. The van der Waals surface area contributed by atoms with Crippen molar-refractivity contribution in [3.05, 3.63) is 35.4 Å². The summed E-state index contributed by atoms with van der Waals surface area (Å²) in [6, 6.07) is 9.06. The third kappa shape index (κ3) is 3.30. The van der Waals surface area contributed by atoms with E-state index in [1.54, 1.807) is 0 Å². The molecular formula is C15H24N2. The molecule has 1 unspecified atom stereocenters. The molecule has 0 saturated heterocycles. The molecule has 17 heavy (non-hydrogen) atoms. The highest BCUT2D eigenvalue weighted by molar-refractivity contribution is 5.25. The van der Waals surface area contributed by atoms with E-state index in [4.69, 9.17) is 5.84 Å². The summed E-state index contributed by atoms with van der Waals surface area (Å²) in [4.78, 5) is 0. The number of nitrogens with two attached hydrogens (primary N) is 1. The van der Waals surface area contributed by atoms with Crippen molar-refractivity contribution in [2.24, 2.45) is 11.8 Å². The van der Waals surface area contributed by atoms with Gasteiger partial charge in [0.1, 0.15) is 0 Å². The van der Waals surface area contributed by atoms with Crippen LogP contribution in [0.1, 0.15) is 55.7 Å². The summed E-state index contributed by atoms with van der Waals surface area (Å²) >= 11 is 0. The molecule has 1 fully saturated rings. The molecule has 2 heteroatoms. The predicted molar refractivity (Wildman–Crippen MR) is 72.4 cm³/mol. The van der Waals surface area contributed by atoms with Crippen molar-refractivity contribution in [1.82, 2.24) is 5.43 Å². The minimum atomic E-state index is 0.327. The van der Waals surface area contributed by atoms with Crippen LogP contribution in [0.3, 0.4) is 0 Å². The van der Waals surface area contributed by atoms with Gasteiger partial charge < -0.3 is 0 Å². The minimum Gasteiger partial charge on any atom is -0.271 e. The minimum absolute atomic E-state index is 0.327. The van der Waals surface area contributed by atoms with E-state index < -0.39 is 0 Å². The fourth-order valence-electron chi connectivity index (χ4n) is 3.01. The molecule has 0 bridgehead atoms. The topological polar surface area (TPSA) is 38.0 Å². The third-order valence-electron chi connectivity index (χ3n) is 3.95. The Morgan fingerprint density at radius 2 is 1.88 bits per heavy atom. The van der Waals surface area contributed by atoms with Crippen molar-refractivity contribution >= 4 is 0 Å². The van der Waals surface area contributed by atoms with Gasteiger partial charge in [-0.1, -0.05) is 55.5 Å². The molecule has 2 rings (SSSR count). The van der Waals surface area contributed by atoms with E-state index in [2.05, 4.69) is 36.6 Å². The molecule has 0 spiro atoms. The molecule has 1 atom stereocenters. The van der Waals surface area contributed by atoms with Crippen molar-refractivity contribution < 1.29 is 0 Å². The van der Waals surface area contributed by atoms with Gasteiger partial charge in [0.2, 0.25) is 0 Å². The Kier molecular flexibility index (Phi) is 4.57. The summed E-state index contributed by atoms with van der Waals surface area (Å²) < 4.78 is 0. The molecule has 2 nitrogen and oxygen atoms in total. The first kappa shape index (κ1) is 12.6. The van der Waals surface area contributed by atoms with Crippen LogP contribution in [0.4, 0.5) is 0 Å². The van der Waals surface area contributed by atoms with Gasteiger partial charge >= 0.3 is 0 Å². The van der Waals surface area contributed by atoms with E-state index in [1.807, 2.05) is 0 Å². The summed E-state index contributed by atoms with van der Waals surface area (Å²) in [6.45, 7) is 2.14. The smallest absolute Gasteiger partial charge is 0.0488 e. The second-order valence-corrected chi connectivity index (χ2v) is 5.31. The molecule has 0 amide bonds. The zero-order valence-electron chi connectivity index (χ0n) is 10.8. The second-order valence-electron chi connectivity index (χ2n) is 5.31. The van der Waals surface area contributed by atoms with Crippen molar-refractivity contribution in [2.75, 3.05) is 0 Å². The van der Waals surface area contributed by atoms with Gasteiger partial charge in [-0.2, -0.15) is 0 Å². The molecule has 1 aromatic carbocycles. The van der Waals surface area contributed by atoms with Crippen LogP contribution >= 0.6 is 0 Å². The monoisotopic (exact) mass is 232 g/mol. The molecule has 1 saturated carbocycles. The molecule has 0 heterocycles. The van der Waals surface area contributed by atoms with Gasteiger partial charge in [-0.05, 0) is 31.2 Å². The van der Waals surface area contributed by atoms with Crippen molar-refractivity contribution in [1.29, 1.82) is 0 Å². The van der Waals surface area contributed by atoms with E-state index in [0.717, 1.165) is 0 Å². The fraction of sp³-hybridized carbons (Fsp3) is 0.600. The summed E-state index contributed by atoms with van der Waals surface area (Å²) in [5, 5.41) is 0. The molecule has 94 valence electrons. The molecule has 0 radical (unpaired) electrons. The van der Waals surface area contributed by atoms with Crippen molar-refractivity contribution in [3.8, 4) is 0 Å². The molecule has 1 aliphatic rings. The Morgan fingerprint density at radius 1 is 1.18 bits per heavy atom. The lowest BCUT2D eigenvalue weighted by molar-refractivity contribution is 0.329. The third-order valence-corrected chi connectivity index (χ3v) is 3.95. The van der Waals surface area contributed by atoms with E-state index >= 15 is 0 Å². The molecular weight excluding hydrogens is 208 g/mol. The summed E-state index contributed by atoms with van der Waals surface area (Å²) in [5.41, 5.74) is 5.71. The quantitative estimate of drug-likeness (QED) is 0.476. The van der Waals surface area contributed by atoms with Crippen LogP contribution in [0.15, 0.2) is 24.3 Å². The number of nitrogens with one attached hydrogen (secondary N) is 1. The van der Waals surface area contributed by atoms with E-state index in [-0.39, 0.29) is 0 Å². The van der Waals surface area contributed by atoms with Gasteiger partial charge in [-0.3, -0.25) is 11.3 Å². The maximum atomic E-state index is 5.79. The van der Waals surface area contributed by atoms with Crippen LogP contribution < -0.4 is 11.3 Å². The Labute approximate surface area is 105 Å². The zero-order valence-corrected chi connectivity index (χ0v) is 10.8. The SMILES string of the molecule is Cc1cccc(C(NN)C2CCCCCC2)c1. The second kappa shape index (κ2) is 6.18. The maximum absolute atomic E-state index is 5.79. The number of aryl methyl sites for hydroxylation is 1. The first-order chi connectivity index (χ1) is 8.31. The number of hydrazine groups is 1. The average Bonchev–Trinajstić information content (AvgIpc) is 2.59. The van der Waals surface area contributed by atoms with Gasteiger partial charge in [-0.15, -0.1) is 0 Å². The van der Waals surface area contributed by atoms with E-state index in [0.29, 0.717) is 12.0 Å². The van der Waals surface area contributed by atoms with Crippen LogP contribution in [0.5, 0.6) is 0 Å². The van der Waals surface area contributed by atoms with Gasteiger partial charge in [0, 0.05) is 6.04 Å². The van der Waals surface area contributed by atoms with Gasteiger partial charge in [0.25, 0.3) is 0 Å². The van der Waals surface area contributed by atoms with Gasteiger partial charge in [0.15, 0.2) is 0 Å². The van der Waals surface area contributed by atoms with Crippen LogP contribution in [0, 0.1) is 12.8 Å². The van der Waals surface area contributed by atoms with Crippen LogP contribution in [-0.2, 0) is 0 Å². The highest BCUT2D eigenvalue weighted by Crippen LogP contribution is 2.33. The number of hydrogen-bond donors (Lipinski definition) is 2. The van der Waals surface area contributed by atoms with E-state index in [9.17, 15) is 0 Å². The Hall–Kier alpha value is -0.860. The lowest BCUT2D eigenvalue weighted by Gasteiger charge is -2.26. The number of rotatable bonds is 3. The lowest BCUT2D eigenvalue weighted by Crippen LogP contribution is -2.33. The molecule has 1 aliphatic carbocycles. The largest absolute Gasteiger partial charge is 0.271 e. The Bertz CT molecular complexity index is 341. The first-order valence-electron chi connectivity index (χ1n) is 6.84. The molecule has 0 aromatic heterocycles. The zero-order chi connectivity index (χ0) is 12.1. The van der Waals surface area contributed by atoms with Crippen LogP contribution in [-0.4, -0.2) is 0 Å². The number of benzene rings is 1. The summed E-state index contributed by atoms with van der Waals surface area (Å²) in [5.74, 6) is 6.49. The van der Waals surface area contributed by atoms with Crippen molar-refractivity contribution in [2.45, 2.75) is 51.5 Å². The van der Waals surface area contributed by atoms with Crippen LogP contribution in [0.25, 0.3) is 0 Å². The molecule has 1 aromatic rings. The average molecular weight is 232 g/mol. The summed E-state index contributed by atoms with van der Waals surface area (Å²) in [6.07, 6.45) is 8.11. The normalized spacial score (nSPS) is 19.9. The summed E-state index contributed by atoms with van der Waals surface area (Å²) in [7, 11) is 0. The Balaban J connectivity index is 2.14. The van der Waals surface area contributed by atoms with Gasteiger partial charge in [-0.25, -0.2) is 0 Å². The predicted octanol–water partition coefficient (Wildman–Crippen LogP) is 3.47. The standard InChI is InChI=1S/C15H24N2/c1-12-7-6-10-14(11-12)15(17-16)13-8-4-2-3-5-9-13/h6-7,10-11,13,15,17H,2-5,8-9,16H2,1H3. The Morgan fingerprint density at radius 3 is 2.47 bits per heavy atom. The number of hydrogen-bond acceptors (Lipinski definition) is 2. The highest BCUT2D eigenvalue weighted by atomic mass is 15.2. The van der Waals surface area contributed by atoms with Crippen molar-refractivity contribution in [3.63, 3.8) is 0 Å². The first-order valence-corrected chi connectivity index (χ1v) is 6.84. The maximum Gasteiger partial charge on any atom is 0.0488 e. The fourth-order valence-corrected chi connectivity index (χ4v) is 3.01. The van der Waals surface area contributed by atoms with Gasteiger partial charge in [0.05, 0.1) is 0 Å². The molecule has 3 N–H and O–H groups in total. The molecule has 0 aliphatic heterocycles. The lowest BCUT2D eigenvalue weighted by atomic mass is 9.87. The van der Waals surface area contributed by atoms with E-state index in [1.165, 1.54) is 49.7 Å².